The molecule has 49 heavy (non-hydrogen) atoms. The van der Waals surface area contributed by atoms with E-state index in [0.29, 0.717) is 31.5 Å². The highest BCUT2D eigenvalue weighted by Gasteiger charge is 2.35. The molecule has 268 valence electrons. The summed E-state index contributed by atoms with van der Waals surface area (Å²) in [7, 11) is -3.59. The Balaban J connectivity index is 1.40. The molecule has 0 spiro atoms. The van der Waals surface area contributed by atoms with Crippen molar-refractivity contribution in [3.63, 3.8) is 0 Å². The molecule has 5 bridgehead atoms. The number of hydrogen-bond donors (Lipinski definition) is 4. The van der Waals surface area contributed by atoms with E-state index in [1.165, 1.54) is 9.31 Å². The van der Waals surface area contributed by atoms with Crippen molar-refractivity contribution in [3.8, 4) is 0 Å². The number of rotatable bonds is 4. The number of hydrogen-bond acceptors (Lipinski definition) is 9. The average Bonchev–Trinajstić information content (AvgIpc) is 3.88. The zero-order valence-corrected chi connectivity index (χ0v) is 29.6. The molecule has 3 heterocycles. The number of carbonyl (C=O) groups is 3. The first kappa shape index (κ1) is 36.8. The van der Waals surface area contributed by atoms with Gasteiger partial charge in [-0.1, -0.05) is 44.2 Å². The molecule has 3 aliphatic rings. The standard InChI is InChI=1S/C35H50N6O7S/c1-22(2)32-33(43)36-23(3)34(44)41-18-7-9-29(39-41)35(45)48-24(4)28-15-14-27-13-12-25(20-30(27)37-28)8-5-6-17-40(19-16-31(42)38-32)49(46,47)21-26-10-11-26/h5,8,12-15,20,22-24,26,29,32,35,39,45H,6-7,9-11,16-19,21H2,1-4H3,(H,36,43)(H,38,42)/b8-5+/t23-,24+,29-,32-,35?/m0/s1. The van der Waals surface area contributed by atoms with Crippen molar-refractivity contribution in [1.29, 1.82) is 0 Å². The molecule has 1 aliphatic carbocycles. The van der Waals surface area contributed by atoms with E-state index in [4.69, 9.17) is 9.72 Å². The maximum atomic E-state index is 13.4. The van der Waals surface area contributed by atoms with Gasteiger partial charge in [-0.25, -0.2) is 18.1 Å². The summed E-state index contributed by atoms with van der Waals surface area (Å²) >= 11 is 0. The van der Waals surface area contributed by atoms with E-state index in [9.17, 15) is 27.9 Å². The zero-order chi connectivity index (χ0) is 35.3. The van der Waals surface area contributed by atoms with Crippen molar-refractivity contribution >= 4 is 44.7 Å². The Hall–Kier alpha value is -3.43. The summed E-state index contributed by atoms with van der Waals surface area (Å²) in [5, 5.41) is 18.8. The van der Waals surface area contributed by atoms with Crippen LogP contribution in [-0.4, -0.2) is 95.3 Å². The summed E-state index contributed by atoms with van der Waals surface area (Å²) in [6.45, 7) is 7.54. The smallest absolute Gasteiger partial charge is 0.258 e. The number of aromatic nitrogens is 1. The number of aliphatic hydroxyl groups is 1. The van der Waals surface area contributed by atoms with Gasteiger partial charge in [-0.05, 0) is 75.5 Å². The first-order chi connectivity index (χ1) is 23.3. The highest BCUT2D eigenvalue weighted by atomic mass is 32.2. The number of aliphatic hydroxyl groups excluding tert-OH is 1. The lowest BCUT2D eigenvalue weighted by atomic mass is 10.0. The third kappa shape index (κ3) is 9.85. The van der Waals surface area contributed by atoms with Gasteiger partial charge in [-0.3, -0.25) is 24.4 Å². The van der Waals surface area contributed by atoms with Gasteiger partial charge in [0.2, 0.25) is 21.8 Å². The lowest BCUT2D eigenvalue weighted by molar-refractivity contribution is -0.172. The molecule has 1 aromatic carbocycles. The Bertz CT molecular complexity index is 1650. The lowest BCUT2D eigenvalue weighted by Crippen LogP contribution is -2.61. The number of sulfonamides is 1. The molecule has 1 saturated carbocycles. The fraction of sp³-hybridized carbons (Fsp3) is 0.600. The second-order valence-corrected chi connectivity index (χ2v) is 15.8. The minimum Gasteiger partial charge on any atom is -0.367 e. The van der Waals surface area contributed by atoms with Crippen LogP contribution in [0.2, 0.25) is 0 Å². The fourth-order valence-electron chi connectivity index (χ4n) is 6.15. The van der Waals surface area contributed by atoms with Gasteiger partial charge in [-0.15, -0.1) is 0 Å². The summed E-state index contributed by atoms with van der Waals surface area (Å²) in [6.07, 6.45) is 5.34. The van der Waals surface area contributed by atoms with Crippen LogP contribution in [0.25, 0.3) is 17.0 Å². The number of amides is 3. The minimum absolute atomic E-state index is 0.00732. The van der Waals surface area contributed by atoms with Gasteiger partial charge in [0.25, 0.3) is 5.91 Å². The summed E-state index contributed by atoms with van der Waals surface area (Å²) in [5.74, 6) is -1.45. The van der Waals surface area contributed by atoms with Crippen LogP contribution in [0.1, 0.15) is 83.6 Å². The minimum atomic E-state index is -3.59. The molecule has 14 heteroatoms. The molecule has 13 nitrogen and oxygen atoms in total. The van der Waals surface area contributed by atoms with Gasteiger partial charge in [-0.2, -0.15) is 0 Å². The van der Waals surface area contributed by atoms with E-state index < -0.39 is 58.3 Å². The van der Waals surface area contributed by atoms with Crippen LogP contribution in [0.3, 0.4) is 0 Å². The van der Waals surface area contributed by atoms with E-state index in [1.54, 1.807) is 20.8 Å². The number of pyridine rings is 1. The first-order valence-electron chi connectivity index (χ1n) is 17.4. The molecular formula is C35H50N6O7S. The Morgan fingerprint density at radius 3 is 2.51 bits per heavy atom. The maximum Gasteiger partial charge on any atom is 0.258 e. The van der Waals surface area contributed by atoms with Crippen molar-refractivity contribution in [2.75, 3.05) is 25.4 Å². The van der Waals surface area contributed by atoms with E-state index in [2.05, 4.69) is 16.1 Å². The SMILES string of the molecule is CC(C)[C@@H]1NC(=O)CCN(S(=O)(=O)CC2CC2)CC/C=C/c2ccc3ccc(nc3c2)[C@@H](C)OC(O)[C@@H]2CCCN(N2)C(=O)[C@H](C)NC1=O. The van der Waals surface area contributed by atoms with E-state index in [1.807, 2.05) is 49.4 Å². The molecule has 2 aliphatic heterocycles. The molecule has 5 atom stereocenters. The van der Waals surface area contributed by atoms with Crippen LogP contribution in [0.5, 0.6) is 0 Å². The van der Waals surface area contributed by atoms with Crippen LogP contribution in [-0.2, 0) is 29.1 Å². The number of carbonyl (C=O) groups excluding carboxylic acids is 3. The van der Waals surface area contributed by atoms with Crippen molar-refractivity contribution in [3.05, 3.63) is 47.7 Å². The predicted octanol–water partition coefficient (Wildman–Crippen LogP) is 2.62. The number of ether oxygens (including phenoxy) is 1. The average molecular weight is 699 g/mol. The van der Waals surface area contributed by atoms with Crippen LogP contribution >= 0.6 is 0 Å². The number of nitrogens with zero attached hydrogens (tertiary/aromatic N) is 3. The normalized spacial score (nSPS) is 28.2. The molecule has 2 aromatic rings. The molecule has 4 N–H and O–H groups in total. The Labute approximate surface area is 288 Å². The van der Waals surface area contributed by atoms with E-state index >= 15 is 0 Å². The number of nitrogens with one attached hydrogen (secondary N) is 3. The fourth-order valence-corrected chi connectivity index (χ4v) is 8.05. The number of hydrazine groups is 1. The topological polar surface area (TPSA) is 170 Å². The van der Waals surface area contributed by atoms with E-state index in [0.717, 1.165) is 29.3 Å². The first-order valence-corrected chi connectivity index (χ1v) is 19.0. The molecule has 5 rings (SSSR count). The van der Waals surface area contributed by atoms with Gasteiger partial charge in [0, 0.05) is 31.4 Å². The Morgan fingerprint density at radius 1 is 1.02 bits per heavy atom. The Morgan fingerprint density at radius 2 is 1.78 bits per heavy atom. The summed E-state index contributed by atoms with van der Waals surface area (Å²) in [6, 6.07) is 7.26. The van der Waals surface area contributed by atoms with Gasteiger partial charge in [0.1, 0.15) is 12.1 Å². The van der Waals surface area contributed by atoms with E-state index in [-0.39, 0.29) is 37.1 Å². The number of fused-ring (bicyclic) bond motifs is 4. The maximum absolute atomic E-state index is 13.4. The highest BCUT2D eigenvalue weighted by Crippen LogP contribution is 2.31. The monoisotopic (exact) mass is 698 g/mol. The third-order valence-corrected chi connectivity index (χ3v) is 11.3. The predicted molar refractivity (Wildman–Crippen MR) is 186 cm³/mol. The van der Waals surface area contributed by atoms with Gasteiger partial charge in [0.05, 0.1) is 29.1 Å². The van der Waals surface area contributed by atoms with Crippen molar-refractivity contribution < 1.29 is 32.6 Å². The zero-order valence-electron chi connectivity index (χ0n) is 28.8. The van der Waals surface area contributed by atoms with Crippen LogP contribution in [0.15, 0.2) is 36.4 Å². The highest BCUT2D eigenvalue weighted by molar-refractivity contribution is 7.89. The molecule has 2 fully saturated rings. The second kappa shape index (κ2) is 16.1. The second-order valence-electron chi connectivity index (χ2n) is 13.8. The van der Waals surface area contributed by atoms with Crippen molar-refractivity contribution in [2.45, 2.75) is 96.7 Å². The summed E-state index contributed by atoms with van der Waals surface area (Å²) in [4.78, 5) is 44.6. The number of benzene rings is 1. The molecule has 0 radical (unpaired) electrons. The Kier molecular flexibility index (Phi) is 12.1. The quantitative estimate of drug-likeness (QED) is 0.375. The molecule has 1 saturated heterocycles. The van der Waals surface area contributed by atoms with Crippen molar-refractivity contribution in [2.24, 2.45) is 11.8 Å². The lowest BCUT2D eigenvalue weighted by Gasteiger charge is -2.38. The molecule has 1 unspecified atom stereocenters. The molecule has 1 aromatic heterocycles. The summed E-state index contributed by atoms with van der Waals surface area (Å²) in [5.41, 5.74) is 5.35. The van der Waals surface area contributed by atoms with Crippen molar-refractivity contribution in [1.82, 2.24) is 30.4 Å². The van der Waals surface area contributed by atoms with Gasteiger partial charge < -0.3 is 20.5 Å². The van der Waals surface area contributed by atoms with Crippen LogP contribution in [0, 0.1) is 11.8 Å². The van der Waals surface area contributed by atoms with Gasteiger partial charge >= 0.3 is 0 Å². The molecule has 3 amide bonds. The third-order valence-electron chi connectivity index (χ3n) is 9.30. The largest absolute Gasteiger partial charge is 0.367 e. The summed E-state index contributed by atoms with van der Waals surface area (Å²) < 4.78 is 34.0. The molecular weight excluding hydrogens is 648 g/mol. The van der Waals surface area contributed by atoms with Gasteiger partial charge in [0.15, 0.2) is 6.29 Å². The van der Waals surface area contributed by atoms with Crippen LogP contribution < -0.4 is 16.1 Å². The van der Waals surface area contributed by atoms with Crippen LogP contribution in [0.4, 0.5) is 0 Å².